The fourth-order valence-electron chi connectivity index (χ4n) is 2.19. The molecule has 0 aromatic carbocycles. The molecule has 1 heterocycles. The fraction of sp³-hybridized carbons (Fsp3) is 1.00. The van der Waals surface area contributed by atoms with Gasteiger partial charge in [0.1, 0.15) is 0 Å². The van der Waals surface area contributed by atoms with E-state index in [1.165, 1.54) is 0 Å². The van der Waals surface area contributed by atoms with Crippen LogP contribution in [-0.2, 0) is 10.0 Å². The van der Waals surface area contributed by atoms with E-state index in [9.17, 15) is 47.9 Å². The van der Waals surface area contributed by atoms with Crippen molar-refractivity contribution in [3.63, 3.8) is 0 Å². The predicted molar refractivity (Wildman–Crippen MR) is 68.1 cm³/mol. The van der Waals surface area contributed by atoms with Crippen molar-refractivity contribution >= 4 is 10.0 Å². The Kier molecular flexibility index (Phi) is 6.02. The van der Waals surface area contributed by atoms with Gasteiger partial charge in [-0.05, 0) is 13.0 Å². The first-order valence-corrected chi connectivity index (χ1v) is 8.40. The zero-order valence-corrected chi connectivity index (χ0v) is 13.6. The number of hydrogen-bond acceptors (Lipinski definition) is 3. The number of sulfonamides is 1. The third-order valence-electron chi connectivity index (χ3n) is 3.65. The average molecular weight is 410 g/mol. The second-order valence-electron chi connectivity index (χ2n) is 5.41. The van der Waals surface area contributed by atoms with Crippen LogP contribution in [0.3, 0.4) is 0 Å². The molecule has 14 heteroatoms. The maximum atomic E-state index is 13.7. The highest BCUT2D eigenvalue weighted by atomic mass is 32.2. The van der Waals surface area contributed by atoms with Crippen LogP contribution in [-0.4, -0.2) is 73.6 Å². The molecule has 1 aliphatic heterocycles. The maximum absolute atomic E-state index is 13.7. The van der Waals surface area contributed by atoms with Gasteiger partial charge in [0.05, 0.1) is 0 Å². The summed E-state index contributed by atoms with van der Waals surface area (Å²) in [5.74, 6) is -14.4. The Balaban J connectivity index is 3.15. The monoisotopic (exact) mass is 410 g/mol. The number of alkyl halides is 9. The molecule has 150 valence electrons. The van der Waals surface area contributed by atoms with Gasteiger partial charge in [0.15, 0.2) is 0 Å². The summed E-state index contributed by atoms with van der Waals surface area (Å²) in [4.78, 5) is 1.60. The molecule has 0 atom stereocenters. The molecular formula is C11H15F9N2O2S. The van der Waals surface area contributed by atoms with Gasteiger partial charge < -0.3 is 4.90 Å². The molecule has 0 amide bonds. The standard InChI is InChI=1S/C11H15F9N2O2S/c1-2-3-21-4-6-22(7-5-21)25(23,24)11(19,20)9(14,15)8(12,13)10(16,17)18/h2-7H2,1H3. The molecule has 25 heavy (non-hydrogen) atoms. The van der Waals surface area contributed by atoms with E-state index in [0.717, 1.165) is 0 Å². The molecule has 0 aromatic heterocycles. The van der Waals surface area contributed by atoms with Crippen LogP contribution in [0.5, 0.6) is 0 Å². The van der Waals surface area contributed by atoms with Crippen molar-refractivity contribution in [2.45, 2.75) is 36.6 Å². The van der Waals surface area contributed by atoms with Crippen LogP contribution >= 0.6 is 0 Å². The minimum atomic E-state index is -7.24. The Labute approximate surface area is 137 Å². The third kappa shape index (κ3) is 3.56. The van der Waals surface area contributed by atoms with Crippen molar-refractivity contribution in [2.24, 2.45) is 0 Å². The van der Waals surface area contributed by atoms with Gasteiger partial charge in [0.2, 0.25) is 0 Å². The largest absolute Gasteiger partial charge is 0.460 e. The number of rotatable bonds is 6. The van der Waals surface area contributed by atoms with Crippen molar-refractivity contribution in [2.75, 3.05) is 32.7 Å². The van der Waals surface area contributed by atoms with Crippen LogP contribution in [0.1, 0.15) is 13.3 Å². The van der Waals surface area contributed by atoms with Gasteiger partial charge in [-0.1, -0.05) is 6.92 Å². The molecular weight excluding hydrogens is 395 g/mol. The van der Waals surface area contributed by atoms with E-state index in [2.05, 4.69) is 0 Å². The Morgan fingerprint density at radius 3 is 1.60 bits per heavy atom. The van der Waals surface area contributed by atoms with E-state index < -0.39 is 46.4 Å². The number of halogens is 9. The summed E-state index contributed by atoms with van der Waals surface area (Å²) >= 11 is 0. The Hall–Kier alpha value is -0.760. The second kappa shape index (κ2) is 6.76. The summed E-state index contributed by atoms with van der Waals surface area (Å²) in [6.45, 7) is 0.454. The maximum Gasteiger partial charge on any atom is 0.460 e. The first-order chi connectivity index (χ1) is 11.0. The highest BCUT2D eigenvalue weighted by molar-refractivity contribution is 7.90. The van der Waals surface area contributed by atoms with Gasteiger partial charge in [0, 0.05) is 26.2 Å². The topological polar surface area (TPSA) is 40.6 Å². The lowest BCUT2D eigenvalue weighted by atomic mass is 10.1. The van der Waals surface area contributed by atoms with Crippen molar-refractivity contribution in [1.29, 1.82) is 0 Å². The molecule has 0 spiro atoms. The van der Waals surface area contributed by atoms with Gasteiger partial charge in [-0.2, -0.15) is 43.8 Å². The van der Waals surface area contributed by atoms with Crippen LogP contribution in [0.2, 0.25) is 0 Å². The second-order valence-corrected chi connectivity index (χ2v) is 7.39. The normalized spacial score (nSPS) is 20.1. The Morgan fingerprint density at radius 2 is 1.24 bits per heavy atom. The molecule has 0 bridgehead atoms. The Bertz CT molecular complexity index is 569. The molecule has 4 nitrogen and oxygen atoms in total. The minimum Gasteiger partial charge on any atom is -0.301 e. The van der Waals surface area contributed by atoms with Crippen molar-refractivity contribution < 1.29 is 47.9 Å². The van der Waals surface area contributed by atoms with Gasteiger partial charge in [-0.3, -0.25) is 0 Å². The lowest BCUT2D eigenvalue weighted by molar-refractivity contribution is -0.382. The highest BCUT2D eigenvalue weighted by Crippen LogP contribution is 2.55. The van der Waals surface area contributed by atoms with Crippen LogP contribution in [0.4, 0.5) is 39.5 Å². The minimum absolute atomic E-state index is 0.148. The summed E-state index contributed by atoms with van der Waals surface area (Å²) < 4.78 is 139. The smallest absolute Gasteiger partial charge is 0.301 e. The van der Waals surface area contributed by atoms with E-state index in [0.29, 0.717) is 13.0 Å². The first kappa shape index (κ1) is 22.3. The molecule has 1 rings (SSSR count). The summed E-state index contributed by atoms with van der Waals surface area (Å²) in [6.07, 6.45) is -6.44. The molecule has 0 saturated carbocycles. The molecule has 0 unspecified atom stereocenters. The van der Waals surface area contributed by atoms with E-state index in [4.69, 9.17) is 0 Å². The Morgan fingerprint density at radius 1 is 0.800 bits per heavy atom. The molecule has 1 saturated heterocycles. The van der Waals surface area contributed by atoms with E-state index in [1.54, 1.807) is 11.8 Å². The fourth-order valence-corrected chi connectivity index (χ4v) is 3.62. The lowest BCUT2D eigenvalue weighted by Gasteiger charge is -2.38. The highest BCUT2D eigenvalue weighted by Gasteiger charge is 2.85. The van der Waals surface area contributed by atoms with E-state index in [1.807, 2.05) is 0 Å². The van der Waals surface area contributed by atoms with E-state index in [-0.39, 0.29) is 17.4 Å². The van der Waals surface area contributed by atoms with Crippen LogP contribution < -0.4 is 0 Å². The summed E-state index contributed by atoms with van der Waals surface area (Å²) in [5, 5.41) is -6.65. The molecule has 0 aliphatic carbocycles. The summed E-state index contributed by atoms with van der Waals surface area (Å²) in [7, 11) is -6.46. The van der Waals surface area contributed by atoms with Crippen LogP contribution in [0, 0.1) is 0 Å². The SMILES string of the molecule is CCCN1CCN(S(=O)(=O)C(F)(F)C(F)(F)C(F)(F)C(F)(F)F)CC1. The average Bonchev–Trinajstić information content (AvgIpc) is 2.46. The van der Waals surface area contributed by atoms with Crippen molar-refractivity contribution in [3.8, 4) is 0 Å². The van der Waals surface area contributed by atoms with Gasteiger partial charge in [-0.15, -0.1) is 0 Å². The first-order valence-electron chi connectivity index (χ1n) is 6.96. The zero-order valence-electron chi connectivity index (χ0n) is 12.8. The van der Waals surface area contributed by atoms with E-state index >= 15 is 0 Å². The zero-order chi connectivity index (χ0) is 19.9. The molecule has 0 aromatic rings. The van der Waals surface area contributed by atoms with Gasteiger partial charge in [-0.25, -0.2) is 8.42 Å². The third-order valence-corrected chi connectivity index (χ3v) is 5.60. The quantitative estimate of drug-likeness (QED) is 0.633. The van der Waals surface area contributed by atoms with Crippen LogP contribution in [0.25, 0.3) is 0 Å². The van der Waals surface area contributed by atoms with Gasteiger partial charge in [0.25, 0.3) is 10.0 Å². The van der Waals surface area contributed by atoms with Crippen molar-refractivity contribution in [1.82, 2.24) is 9.21 Å². The molecule has 1 fully saturated rings. The molecule has 0 N–H and O–H groups in total. The molecule has 1 aliphatic rings. The summed E-state index contributed by atoms with van der Waals surface area (Å²) in [5.41, 5.74) is 0. The predicted octanol–water partition coefficient (Wildman–Crippen LogP) is 2.77. The number of piperazine rings is 1. The number of nitrogens with zero attached hydrogens (tertiary/aromatic N) is 2. The van der Waals surface area contributed by atoms with Crippen LogP contribution in [0.15, 0.2) is 0 Å². The lowest BCUT2D eigenvalue weighted by Crippen LogP contribution is -2.66. The molecule has 0 radical (unpaired) electrons. The van der Waals surface area contributed by atoms with Crippen molar-refractivity contribution in [3.05, 3.63) is 0 Å². The summed E-state index contributed by atoms with van der Waals surface area (Å²) in [6, 6.07) is 0. The number of hydrogen-bond donors (Lipinski definition) is 0. The van der Waals surface area contributed by atoms with Gasteiger partial charge >= 0.3 is 23.3 Å².